The molecule has 0 saturated carbocycles. The molecule has 4 nitrogen and oxygen atoms in total. The van der Waals surface area contributed by atoms with Crippen LogP contribution in [0.15, 0.2) is 53.9 Å². The van der Waals surface area contributed by atoms with Crippen molar-refractivity contribution in [3.8, 4) is 0 Å². The molecule has 5 heteroatoms. The van der Waals surface area contributed by atoms with Crippen molar-refractivity contribution in [2.75, 3.05) is 19.4 Å². The smallest absolute Gasteiger partial charge is 0.224 e. The molecule has 0 radical (unpaired) electrons. The van der Waals surface area contributed by atoms with E-state index in [1.165, 1.54) is 0 Å². The van der Waals surface area contributed by atoms with Crippen molar-refractivity contribution in [1.29, 1.82) is 0 Å². The van der Waals surface area contributed by atoms with Gasteiger partial charge in [0.25, 0.3) is 0 Å². The minimum atomic E-state index is -0.0125. The van der Waals surface area contributed by atoms with E-state index in [0.29, 0.717) is 11.4 Å². The number of benzene rings is 1. The molecule has 0 heterocycles. The number of halogens is 1. The first-order chi connectivity index (χ1) is 12.8. The van der Waals surface area contributed by atoms with E-state index >= 15 is 0 Å². The van der Waals surface area contributed by atoms with Crippen LogP contribution in [0.5, 0.6) is 0 Å². The Morgan fingerprint density at radius 3 is 2.59 bits per heavy atom. The third kappa shape index (κ3) is 8.02. The lowest BCUT2D eigenvalue weighted by Gasteiger charge is -2.17. The zero-order valence-corrected chi connectivity index (χ0v) is 18.0. The second-order valence-electron chi connectivity index (χ2n) is 6.94. The van der Waals surface area contributed by atoms with Gasteiger partial charge in [0, 0.05) is 29.9 Å². The van der Waals surface area contributed by atoms with Gasteiger partial charge in [0.2, 0.25) is 5.91 Å². The average molecular weight is 390 g/mol. The summed E-state index contributed by atoms with van der Waals surface area (Å²) in [6.07, 6.45) is 8.23. The van der Waals surface area contributed by atoms with Crippen molar-refractivity contribution < 1.29 is 4.79 Å². The van der Waals surface area contributed by atoms with Gasteiger partial charge in [0.1, 0.15) is 0 Å². The van der Waals surface area contributed by atoms with Crippen LogP contribution >= 0.6 is 11.6 Å². The largest absolute Gasteiger partial charge is 0.368 e. The Labute approximate surface area is 169 Å². The van der Waals surface area contributed by atoms with Gasteiger partial charge in [0.15, 0.2) is 0 Å². The van der Waals surface area contributed by atoms with E-state index in [9.17, 15) is 4.79 Å². The molecule has 2 N–H and O–H groups in total. The molecule has 1 aromatic carbocycles. The van der Waals surface area contributed by atoms with Crippen molar-refractivity contribution in [2.24, 2.45) is 5.92 Å². The Balaban J connectivity index is 2.84. The molecule has 1 aromatic rings. The Morgan fingerprint density at radius 2 is 2.00 bits per heavy atom. The molecule has 148 valence electrons. The van der Waals surface area contributed by atoms with Crippen LogP contribution in [0.3, 0.4) is 0 Å². The molecule has 27 heavy (non-hydrogen) atoms. The van der Waals surface area contributed by atoms with Crippen LogP contribution in [0.2, 0.25) is 5.02 Å². The van der Waals surface area contributed by atoms with E-state index in [1.54, 1.807) is 0 Å². The maximum absolute atomic E-state index is 12.6. The van der Waals surface area contributed by atoms with Gasteiger partial charge in [-0.3, -0.25) is 4.79 Å². The van der Waals surface area contributed by atoms with Crippen LogP contribution in [0, 0.1) is 5.92 Å². The van der Waals surface area contributed by atoms with Crippen molar-refractivity contribution in [3.05, 3.63) is 64.5 Å². The van der Waals surface area contributed by atoms with Crippen molar-refractivity contribution in [1.82, 2.24) is 10.2 Å². The van der Waals surface area contributed by atoms with Crippen molar-refractivity contribution >= 4 is 23.2 Å². The summed E-state index contributed by atoms with van der Waals surface area (Å²) in [6, 6.07) is 5.60. The number of hydrogen-bond donors (Lipinski definition) is 2. The van der Waals surface area contributed by atoms with Gasteiger partial charge in [-0.15, -0.1) is 0 Å². The number of hydrogen-bond acceptors (Lipinski definition) is 3. The van der Waals surface area contributed by atoms with Gasteiger partial charge in [0.05, 0.1) is 0 Å². The SMILES string of the molecule is C/C=C/N/C=C(\C(C)=C\C)C(C)CC(=O)Nc1ccc(Cl)c(CN(C)C)c1. The van der Waals surface area contributed by atoms with Crippen LogP contribution in [-0.4, -0.2) is 24.9 Å². The first-order valence-corrected chi connectivity index (χ1v) is 9.59. The first-order valence-electron chi connectivity index (χ1n) is 9.22. The Hall–Kier alpha value is -2.04. The molecular formula is C22H32ClN3O. The fourth-order valence-corrected chi connectivity index (χ4v) is 2.94. The number of nitrogens with zero attached hydrogens (tertiary/aromatic N) is 1. The second kappa shape index (κ2) is 11.6. The fourth-order valence-electron chi connectivity index (χ4n) is 2.76. The van der Waals surface area contributed by atoms with Crippen LogP contribution < -0.4 is 10.6 Å². The number of carbonyl (C=O) groups excluding carboxylic acids is 1. The van der Waals surface area contributed by atoms with Crippen LogP contribution in [-0.2, 0) is 11.3 Å². The highest BCUT2D eigenvalue weighted by molar-refractivity contribution is 6.31. The highest BCUT2D eigenvalue weighted by Crippen LogP contribution is 2.24. The van der Waals surface area contributed by atoms with E-state index < -0.39 is 0 Å². The van der Waals surface area contributed by atoms with Crippen LogP contribution in [0.4, 0.5) is 5.69 Å². The van der Waals surface area contributed by atoms with Gasteiger partial charge in [-0.05, 0) is 76.3 Å². The molecule has 0 saturated heterocycles. The van der Waals surface area contributed by atoms with Crippen LogP contribution in [0.25, 0.3) is 0 Å². The highest BCUT2D eigenvalue weighted by atomic mass is 35.5. The fraction of sp³-hybridized carbons (Fsp3) is 0.409. The topological polar surface area (TPSA) is 44.4 Å². The number of nitrogens with one attached hydrogen (secondary N) is 2. The lowest BCUT2D eigenvalue weighted by molar-refractivity contribution is -0.116. The number of allylic oxidation sites excluding steroid dienone is 4. The third-order valence-corrected chi connectivity index (χ3v) is 4.60. The molecule has 0 aliphatic carbocycles. The maximum atomic E-state index is 12.6. The standard InChI is InChI=1S/C22H32ClN3O/c1-7-11-24-14-20(16(3)8-2)17(4)12-22(27)25-19-9-10-21(23)18(13-19)15-26(5)6/h7-11,13-14,17,24H,12,15H2,1-6H3,(H,25,27)/b11-7+,16-8+,20-14+. The van der Waals surface area contributed by atoms with Gasteiger partial charge in [-0.2, -0.15) is 0 Å². The molecule has 0 fully saturated rings. The molecule has 0 bridgehead atoms. The first kappa shape index (κ1) is 23.0. The maximum Gasteiger partial charge on any atom is 0.224 e. The number of amides is 1. The van der Waals surface area contributed by atoms with E-state index in [0.717, 1.165) is 28.9 Å². The quantitative estimate of drug-likeness (QED) is 0.560. The number of carbonyl (C=O) groups is 1. The minimum absolute atomic E-state index is 0.0125. The molecule has 1 unspecified atom stereocenters. The zero-order valence-electron chi connectivity index (χ0n) is 17.3. The summed E-state index contributed by atoms with van der Waals surface area (Å²) in [6.45, 7) is 8.81. The zero-order chi connectivity index (χ0) is 20.4. The Bertz CT molecular complexity index is 720. The van der Waals surface area contributed by atoms with Crippen molar-refractivity contribution in [2.45, 2.75) is 40.7 Å². The molecule has 1 amide bonds. The molecule has 0 spiro atoms. The summed E-state index contributed by atoms with van der Waals surface area (Å²) in [5.41, 5.74) is 4.05. The molecule has 1 atom stereocenters. The summed E-state index contributed by atoms with van der Waals surface area (Å²) in [5, 5.41) is 6.85. The third-order valence-electron chi connectivity index (χ3n) is 4.23. The lowest BCUT2D eigenvalue weighted by atomic mass is 9.92. The van der Waals surface area contributed by atoms with E-state index in [2.05, 4.69) is 30.6 Å². The van der Waals surface area contributed by atoms with Gasteiger partial charge < -0.3 is 15.5 Å². The molecule has 0 aliphatic heterocycles. The number of anilines is 1. The predicted molar refractivity (Wildman–Crippen MR) is 117 cm³/mol. The minimum Gasteiger partial charge on any atom is -0.368 e. The van der Waals surface area contributed by atoms with Gasteiger partial charge in [-0.25, -0.2) is 0 Å². The second-order valence-corrected chi connectivity index (χ2v) is 7.34. The Kier molecular flexibility index (Phi) is 9.90. The molecule has 0 aromatic heterocycles. The van der Waals surface area contributed by atoms with E-state index in [-0.39, 0.29) is 11.8 Å². The molecule has 1 rings (SSSR count). The van der Waals surface area contributed by atoms with E-state index in [1.807, 2.05) is 69.5 Å². The monoisotopic (exact) mass is 389 g/mol. The molecule has 0 aliphatic rings. The summed E-state index contributed by atoms with van der Waals surface area (Å²) in [5.74, 6) is 0.0777. The van der Waals surface area contributed by atoms with Gasteiger partial charge in [-0.1, -0.05) is 36.2 Å². The average Bonchev–Trinajstić information content (AvgIpc) is 2.60. The lowest BCUT2D eigenvalue weighted by Crippen LogP contribution is -2.18. The summed E-state index contributed by atoms with van der Waals surface area (Å²) >= 11 is 6.25. The van der Waals surface area contributed by atoms with Crippen LogP contribution in [0.1, 0.15) is 39.7 Å². The number of rotatable bonds is 9. The summed E-state index contributed by atoms with van der Waals surface area (Å²) < 4.78 is 0. The highest BCUT2D eigenvalue weighted by Gasteiger charge is 2.15. The van der Waals surface area contributed by atoms with Gasteiger partial charge >= 0.3 is 0 Å². The Morgan fingerprint density at radius 1 is 1.30 bits per heavy atom. The van der Waals surface area contributed by atoms with E-state index in [4.69, 9.17) is 11.6 Å². The molecular weight excluding hydrogens is 358 g/mol. The predicted octanol–water partition coefficient (Wildman–Crippen LogP) is 5.34. The normalized spacial score (nSPS) is 13.9. The summed E-state index contributed by atoms with van der Waals surface area (Å²) in [4.78, 5) is 14.6. The summed E-state index contributed by atoms with van der Waals surface area (Å²) in [7, 11) is 3.98. The van der Waals surface area contributed by atoms with Crippen molar-refractivity contribution in [3.63, 3.8) is 0 Å².